The lowest BCUT2D eigenvalue weighted by Crippen LogP contribution is -2.43. The number of benzene rings is 3. The highest BCUT2D eigenvalue weighted by Crippen LogP contribution is 2.25. The number of nitrogens with zero attached hydrogens (tertiary/aromatic N) is 3. The van der Waals surface area contributed by atoms with Crippen LogP contribution in [0.1, 0.15) is 11.1 Å². The molecule has 0 unspecified atom stereocenters. The van der Waals surface area contributed by atoms with E-state index in [9.17, 15) is 9.59 Å². The first-order chi connectivity index (χ1) is 16.2. The SMILES string of the molecule is O=C(CSc1nnc(-c2ccccc2)n1Cc1ccccc1)NNC(=O)Cc1ccccc1. The molecule has 0 saturated heterocycles. The molecule has 2 N–H and O–H groups in total. The number of hydrogen-bond donors (Lipinski definition) is 2. The molecule has 33 heavy (non-hydrogen) atoms. The minimum absolute atomic E-state index is 0.0906. The van der Waals surface area contributed by atoms with Crippen molar-refractivity contribution in [3.05, 3.63) is 102 Å². The predicted molar refractivity (Wildman–Crippen MR) is 128 cm³/mol. The van der Waals surface area contributed by atoms with Gasteiger partial charge in [-0.25, -0.2) is 0 Å². The third-order valence-corrected chi connectivity index (χ3v) is 5.78. The molecule has 1 aromatic heterocycles. The average Bonchev–Trinajstić information content (AvgIpc) is 3.25. The molecular formula is C25H23N5O2S. The Morgan fingerprint density at radius 2 is 1.30 bits per heavy atom. The molecule has 0 saturated carbocycles. The molecule has 0 aliphatic carbocycles. The summed E-state index contributed by atoms with van der Waals surface area (Å²) in [5.41, 5.74) is 7.85. The first-order valence-corrected chi connectivity index (χ1v) is 11.4. The highest BCUT2D eigenvalue weighted by Gasteiger charge is 2.16. The lowest BCUT2D eigenvalue weighted by atomic mass is 10.1. The van der Waals surface area contributed by atoms with Gasteiger partial charge in [0.05, 0.1) is 18.7 Å². The van der Waals surface area contributed by atoms with Crippen LogP contribution in [0.15, 0.2) is 96.2 Å². The van der Waals surface area contributed by atoms with Crippen molar-refractivity contribution in [2.75, 3.05) is 5.75 Å². The Balaban J connectivity index is 1.39. The molecule has 4 aromatic rings. The van der Waals surface area contributed by atoms with Gasteiger partial charge in [0.2, 0.25) is 11.8 Å². The summed E-state index contributed by atoms with van der Waals surface area (Å²) in [4.78, 5) is 24.4. The normalized spacial score (nSPS) is 10.5. The number of carbonyl (C=O) groups is 2. The summed E-state index contributed by atoms with van der Waals surface area (Å²) in [7, 11) is 0. The minimum Gasteiger partial charge on any atom is -0.298 e. The molecule has 8 heteroatoms. The van der Waals surface area contributed by atoms with Crippen LogP contribution in [0, 0.1) is 0 Å². The van der Waals surface area contributed by atoms with Crippen molar-refractivity contribution in [1.29, 1.82) is 0 Å². The molecule has 0 atom stereocenters. The van der Waals surface area contributed by atoms with Gasteiger partial charge in [0.1, 0.15) is 0 Å². The fourth-order valence-corrected chi connectivity index (χ4v) is 3.97. The van der Waals surface area contributed by atoms with Crippen LogP contribution >= 0.6 is 11.8 Å². The summed E-state index contributed by atoms with van der Waals surface area (Å²) in [6.45, 7) is 0.579. The van der Waals surface area contributed by atoms with Gasteiger partial charge in [-0.1, -0.05) is 103 Å². The minimum atomic E-state index is -0.322. The second-order valence-corrected chi connectivity index (χ2v) is 8.23. The monoisotopic (exact) mass is 457 g/mol. The van der Waals surface area contributed by atoms with Crippen LogP contribution in [-0.2, 0) is 22.6 Å². The van der Waals surface area contributed by atoms with Gasteiger partial charge in [-0.2, -0.15) is 0 Å². The Bertz CT molecular complexity index is 1200. The topological polar surface area (TPSA) is 88.9 Å². The highest BCUT2D eigenvalue weighted by atomic mass is 32.2. The van der Waals surface area contributed by atoms with Crippen LogP contribution < -0.4 is 10.9 Å². The standard InChI is InChI=1S/C25H23N5O2S/c31-22(16-19-10-4-1-5-11-19)26-27-23(32)18-33-25-29-28-24(21-14-8-3-9-15-21)30(25)17-20-12-6-2-7-13-20/h1-15H,16-18H2,(H,26,31)(H,27,32). The van der Waals surface area contributed by atoms with E-state index in [1.807, 2.05) is 95.6 Å². The molecule has 0 aliphatic heterocycles. The number of hydrazine groups is 1. The molecule has 0 fully saturated rings. The van der Waals surface area contributed by atoms with Gasteiger partial charge >= 0.3 is 0 Å². The maximum Gasteiger partial charge on any atom is 0.248 e. The van der Waals surface area contributed by atoms with E-state index in [-0.39, 0.29) is 24.0 Å². The Morgan fingerprint density at radius 1 is 0.727 bits per heavy atom. The van der Waals surface area contributed by atoms with Gasteiger partial charge in [-0.05, 0) is 11.1 Å². The van der Waals surface area contributed by atoms with E-state index in [2.05, 4.69) is 21.0 Å². The summed E-state index contributed by atoms with van der Waals surface area (Å²) in [5.74, 6) is 0.224. The molecule has 0 bridgehead atoms. The number of nitrogens with one attached hydrogen (secondary N) is 2. The largest absolute Gasteiger partial charge is 0.298 e. The first-order valence-electron chi connectivity index (χ1n) is 10.5. The Hall–Kier alpha value is -3.91. The summed E-state index contributed by atoms with van der Waals surface area (Å²) < 4.78 is 2.00. The van der Waals surface area contributed by atoms with E-state index in [0.29, 0.717) is 11.7 Å². The molecule has 3 aromatic carbocycles. The van der Waals surface area contributed by atoms with Crippen molar-refractivity contribution in [3.63, 3.8) is 0 Å². The van der Waals surface area contributed by atoms with E-state index < -0.39 is 0 Å². The number of hydrogen-bond acceptors (Lipinski definition) is 5. The molecule has 0 spiro atoms. The van der Waals surface area contributed by atoms with Crippen molar-refractivity contribution in [2.24, 2.45) is 0 Å². The molecule has 4 rings (SSSR count). The van der Waals surface area contributed by atoms with Crippen molar-refractivity contribution in [3.8, 4) is 11.4 Å². The first kappa shape index (κ1) is 22.3. The molecule has 7 nitrogen and oxygen atoms in total. The van der Waals surface area contributed by atoms with E-state index in [1.54, 1.807) is 0 Å². The second kappa shape index (κ2) is 11.1. The quantitative estimate of drug-likeness (QED) is 0.312. The van der Waals surface area contributed by atoms with Crippen molar-refractivity contribution in [2.45, 2.75) is 18.1 Å². The molecule has 166 valence electrons. The molecule has 0 aliphatic rings. The fourth-order valence-electron chi connectivity index (χ4n) is 3.24. The van der Waals surface area contributed by atoms with Gasteiger partial charge in [-0.3, -0.25) is 25.0 Å². The molecule has 2 amide bonds. The second-order valence-electron chi connectivity index (χ2n) is 7.29. The van der Waals surface area contributed by atoms with Crippen LogP contribution in [0.25, 0.3) is 11.4 Å². The van der Waals surface area contributed by atoms with E-state index in [0.717, 1.165) is 22.5 Å². The molecule has 1 heterocycles. The van der Waals surface area contributed by atoms with E-state index in [4.69, 9.17) is 0 Å². The average molecular weight is 458 g/mol. The van der Waals surface area contributed by atoms with Gasteiger partial charge in [0.25, 0.3) is 0 Å². The Kier molecular flexibility index (Phi) is 7.50. The number of rotatable bonds is 8. The summed E-state index contributed by atoms with van der Waals surface area (Å²) >= 11 is 1.27. The van der Waals surface area contributed by atoms with Gasteiger partial charge in [-0.15, -0.1) is 10.2 Å². The third kappa shape index (κ3) is 6.30. The molecular weight excluding hydrogens is 434 g/mol. The van der Waals surface area contributed by atoms with Crippen molar-refractivity contribution < 1.29 is 9.59 Å². The lowest BCUT2D eigenvalue weighted by Gasteiger charge is -2.11. The Labute approximate surface area is 196 Å². The summed E-state index contributed by atoms with van der Waals surface area (Å²) in [6.07, 6.45) is 0.195. The maximum atomic E-state index is 12.3. The number of aromatic nitrogens is 3. The zero-order valence-electron chi connectivity index (χ0n) is 17.8. The predicted octanol–water partition coefficient (Wildman–Crippen LogP) is 3.48. The van der Waals surface area contributed by atoms with E-state index >= 15 is 0 Å². The van der Waals surface area contributed by atoms with Crippen LogP contribution in [-0.4, -0.2) is 32.3 Å². The van der Waals surface area contributed by atoms with Gasteiger partial charge in [0.15, 0.2) is 11.0 Å². The van der Waals surface area contributed by atoms with Crippen LogP contribution in [0.3, 0.4) is 0 Å². The third-order valence-electron chi connectivity index (χ3n) is 4.81. The smallest absolute Gasteiger partial charge is 0.248 e. The zero-order chi connectivity index (χ0) is 22.9. The highest BCUT2D eigenvalue weighted by molar-refractivity contribution is 7.99. The van der Waals surface area contributed by atoms with Crippen LogP contribution in [0.4, 0.5) is 0 Å². The number of thioether (sulfide) groups is 1. The fraction of sp³-hybridized carbons (Fsp3) is 0.120. The van der Waals surface area contributed by atoms with Crippen LogP contribution in [0.5, 0.6) is 0 Å². The van der Waals surface area contributed by atoms with Gasteiger partial charge in [0, 0.05) is 5.56 Å². The van der Waals surface area contributed by atoms with E-state index in [1.165, 1.54) is 11.8 Å². The maximum absolute atomic E-state index is 12.3. The number of carbonyl (C=O) groups excluding carboxylic acids is 2. The van der Waals surface area contributed by atoms with Crippen molar-refractivity contribution >= 4 is 23.6 Å². The van der Waals surface area contributed by atoms with Crippen molar-refractivity contribution in [1.82, 2.24) is 25.6 Å². The van der Waals surface area contributed by atoms with Gasteiger partial charge < -0.3 is 0 Å². The van der Waals surface area contributed by atoms with Crippen LogP contribution in [0.2, 0.25) is 0 Å². The Morgan fingerprint density at radius 3 is 1.97 bits per heavy atom. The zero-order valence-corrected chi connectivity index (χ0v) is 18.7. The summed E-state index contributed by atoms with van der Waals surface area (Å²) in [5, 5.41) is 9.32. The number of amides is 2. The molecule has 0 radical (unpaired) electrons. The lowest BCUT2D eigenvalue weighted by molar-refractivity contribution is -0.127. The summed E-state index contributed by atoms with van der Waals surface area (Å²) in [6, 6.07) is 29.2.